The van der Waals surface area contributed by atoms with Gasteiger partial charge in [-0.25, -0.2) is 4.39 Å². The molecule has 0 bridgehead atoms. The fraction of sp³-hybridized carbons (Fsp3) is 0.320. The van der Waals surface area contributed by atoms with Crippen molar-refractivity contribution in [3.8, 4) is 0 Å². The van der Waals surface area contributed by atoms with Crippen LogP contribution >= 0.6 is 0 Å². The van der Waals surface area contributed by atoms with E-state index in [1.54, 1.807) is 6.92 Å². The minimum atomic E-state index is -4.99. The number of halogens is 4. The summed E-state index contributed by atoms with van der Waals surface area (Å²) in [5.74, 6) is -4.94. The van der Waals surface area contributed by atoms with Crippen molar-refractivity contribution in [2.24, 2.45) is 5.92 Å². The molecule has 1 aliphatic carbocycles. The fourth-order valence-corrected chi connectivity index (χ4v) is 4.48. The van der Waals surface area contributed by atoms with Gasteiger partial charge in [-0.1, -0.05) is 19.1 Å². The summed E-state index contributed by atoms with van der Waals surface area (Å²) in [4.78, 5) is 64.4. The van der Waals surface area contributed by atoms with Crippen LogP contribution in [0.15, 0.2) is 36.4 Å². The Morgan fingerprint density at radius 3 is 2.47 bits per heavy atom. The molecule has 188 valence electrons. The van der Waals surface area contributed by atoms with Gasteiger partial charge in [-0.15, -0.1) is 0 Å². The number of carbonyl (C=O) groups excluding carboxylic acids is 5. The first-order valence-electron chi connectivity index (χ1n) is 11.1. The third-order valence-corrected chi connectivity index (χ3v) is 6.41. The van der Waals surface area contributed by atoms with Gasteiger partial charge in [0.05, 0.1) is 22.7 Å². The maximum absolute atomic E-state index is 13.5. The SMILES string of the molecule is CC1CC(=O)C(N2C(=O)c3cccc(CNC(=O)c4ccc(F)c(C(F)(F)F)c4)c3C2=O)CCC1=O. The van der Waals surface area contributed by atoms with Gasteiger partial charge in [0.15, 0.2) is 5.78 Å². The molecule has 2 aliphatic rings. The number of amides is 3. The number of carbonyl (C=O) groups is 5. The van der Waals surface area contributed by atoms with E-state index >= 15 is 0 Å². The van der Waals surface area contributed by atoms with Crippen LogP contribution in [-0.2, 0) is 22.3 Å². The molecular formula is C25H20F4N2O5. The molecule has 7 nitrogen and oxygen atoms in total. The third-order valence-electron chi connectivity index (χ3n) is 6.41. The van der Waals surface area contributed by atoms with Crippen LogP contribution in [-0.4, -0.2) is 40.2 Å². The summed E-state index contributed by atoms with van der Waals surface area (Å²) in [5.41, 5.74) is -1.83. The van der Waals surface area contributed by atoms with Crippen LogP contribution in [0.5, 0.6) is 0 Å². The molecule has 36 heavy (non-hydrogen) atoms. The lowest BCUT2D eigenvalue weighted by Gasteiger charge is -2.23. The molecule has 1 fully saturated rings. The zero-order valence-corrected chi connectivity index (χ0v) is 18.9. The Morgan fingerprint density at radius 1 is 1.06 bits per heavy atom. The number of hydrogen-bond donors (Lipinski definition) is 1. The van der Waals surface area contributed by atoms with Crippen molar-refractivity contribution in [3.05, 3.63) is 70.0 Å². The predicted molar refractivity (Wildman–Crippen MR) is 116 cm³/mol. The van der Waals surface area contributed by atoms with Crippen molar-refractivity contribution < 1.29 is 41.5 Å². The monoisotopic (exact) mass is 504 g/mol. The van der Waals surface area contributed by atoms with Gasteiger partial charge in [-0.05, 0) is 36.2 Å². The number of hydrogen-bond acceptors (Lipinski definition) is 5. The van der Waals surface area contributed by atoms with Gasteiger partial charge in [0.25, 0.3) is 17.7 Å². The summed E-state index contributed by atoms with van der Waals surface area (Å²) in [6.45, 7) is 1.30. The van der Waals surface area contributed by atoms with E-state index in [1.807, 2.05) is 0 Å². The standard InChI is InChI=1S/C25H20F4N2O5/c1-12-9-20(33)18(7-8-19(12)32)31-23(35)15-4-2-3-14(21(15)24(31)36)11-30-22(34)13-5-6-17(26)16(10-13)25(27,28)29/h2-6,10,12,18H,7-9,11H2,1H3,(H,30,34). The average molecular weight is 504 g/mol. The van der Waals surface area contributed by atoms with Gasteiger partial charge >= 0.3 is 6.18 Å². The van der Waals surface area contributed by atoms with Crippen LogP contribution in [0.2, 0.25) is 0 Å². The second-order valence-electron chi connectivity index (χ2n) is 8.79. The van der Waals surface area contributed by atoms with Crippen molar-refractivity contribution in [1.82, 2.24) is 10.2 Å². The highest BCUT2D eigenvalue weighted by Crippen LogP contribution is 2.33. The zero-order chi connectivity index (χ0) is 26.4. The summed E-state index contributed by atoms with van der Waals surface area (Å²) in [6.07, 6.45) is -5.01. The van der Waals surface area contributed by atoms with E-state index in [1.165, 1.54) is 18.2 Å². The lowest BCUT2D eigenvalue weighted by atomic mass is 10.0. The van der Waals surface area contributed by atoms with Crippen LogP contribution < -0.4 is 5.32 Å². The molecule has 1 saturated carbocycles. The van der Waals surface area contributed by atoms with E-state index in [-0.39, 0.29) is 48.3 Å². The number of alkyl halides is 3. The van der Waals surface area contributed by atoms with Crippen molar-refractivity contribution in [3.63, 3.8) is 0 Å². The molecule has 0 aromatic heterocycles. The number of fused-ring (bicyclic) bond motifs is 1. The Balaban J connectivity index is 1.56. The Kier molecular flexibility index (Phi) is 6.50. The molecule has 2 aromatic carbocycles. The van der Waals surface area contributed by atoms with Gasteiger partial charge < -0.3 is 5.32 Å². The Morgan fingerprint density at radius 2 is 1.78 bits per heavy atom. The van der Waals surface area contributed by atoms with E-state index < -0.39 is 58.6 Å². The smallest absolute Gasteiger partial charge is 0.348 e. The third kappa shape index (κ3) is 4.52. The quantitative estimate of drug-likeness (QED) is 0.389. The average Bonchev–Trinajstić information content (AvgIpc) is 2.99. The second-order valence-corrected chi connectivity index (χ2v) is 8.79. The predicted octanol–water partition coefficient (Wildman–Crippen LogP) is 3.70. The van der Waals surface area contributed by atoms with Gasteiger partial charge in [0.1, 0.15) is 11.6 Å². The number of imide groups is 1. The highest BCUT2D eigenvalue weighted by molar-refractivity contribution is 6.23. The molecule has 2 aromatic rings. The molecule has 0 radical (unpaired) electrons. The Labute approximate surface area is 202 Å². The molecule has 3 amide bonds. The first-order valence-corrected chi connectivity index (χ1v) is 11.1. The van der Waals surface area contributed by atoms with Crippen molar-refractivity contribution in [2.75, 3.05) is 0 Å². The van der Waals surface area contributed by atoms with E-state index in [2.05, 4.69) is 5.32 Å². The topological polar surface area (TPSA) is 101 Å². The van der Waals surface area contributed by atoms with E-state index in [9.17, 15) is 41.5 Å². The minimum Gasteiger partial charge on any atom is -0.348 e. The molecule has 11 heteroatoms. The van der Waals surface area contributed by atoms with Crippen LogP contribution in [0.4, 0.5) is 17.6 Å². The number of rotatable bonds is 4. The first kappa shape index (κ1) is 25.2. The summed E-state index contributed by atoms with van der Waals surface area (Å²) >= 11 is 0. The first-order chi connectivity index (χ1) is 16.9. The highest BCUT2D eigenvalue weighted by Gasteiger charge is 2.45. The maximum atomic E-state index is 13.5. The number of nitrogens with zero attached hydrogens (tertiary/aromatic N) is 1. The van der Waals surface area contributed by atoms with Crippen LogP contribution in [0.25, 0.3) is 0 Å². The molecule has 2 unspecified atom stereocenters. The van der Waals surface area contributed by atoms with E-state index in [4.69, 9.17) is 0 Å². The number of benzene rings is 2. The van der Waals surface area contributed by atoms with Gasteiger partial charge in [-0.3, -0.25) is 28.9 Å². The molecule has 2 atom stereocenters. The van der Waals surface area contributed by atoms with Crippen LogP contribution in [0.3, 0.4) is 0 Å². The van der Waals surface area contributed by atoms with Gasteiger partial charge in [0, 0.05) is 30.9 Å². The largest absolute Gasteiger partial charge is 0.419 e. The van der Waals surface area contributed by atoms with Gasteiger partial charge in [-0.2, -0.15) is 13.2 Å². The summed E-state index contributed by atoms with van der Waals surface area (Å²) < 4.78 is 52.4. The highest BCUT2D eigenvalue weighted by atomic mass is 19.4. The summed E-state index contributed by atoms with van der Waals surface area (Å²) in [5, 5.41) is 2.38. The summed E-state index contributed by atoms with van der Waals surface area (Å²) in [6, 6.07) is 5.05. The second kappa shape index (κ2) is 9.29. The lowest BCUT2D eigenvalue weighted by Crippen LogP contribution is -2.44. The molecule has 0 spiro atoms. The number of ketones is 2. The number of Topliss-reactive ketones (excluding diaryl/α,β-unsaturated/α-hetero) is 2. The molecule has 1 aliphatic heterocycles. The molecule has 4 rings (SSSR count). The van der Waals surface area contributed by atoms with Crippen LogP contribution in [0, 0.1) is 11.7 Å². The molecule has 0 saturated heterocycles. The zero-order valence-electron chi connectivity index (χ0n) is 18.9. The molecular weight excluding hydrogens is 484 g/mol. The fourth-order valence-electron chi connectivity index (χ4n) is 4.48. The van der Waals surface area contributed by atoms with Crippen molar-refractivity contribution >= 4 is 29.3 Å². The van der Waals surface area contributed by atoms with Gasteiger partial charge in [0.2, 0.25) is 0 Å². The molecule has 1 N–H and O–H groups in total. The lowest BCUT2D eigenvalue weighted by molar-refractivity contribution is -0.140. The van der Waals surface area contributed by atoms with E-state index in [0.29, 0.717) is 12.1 Å². The number of nitrogens with one attached hydrogen (secondary N) is 1. The van der Waals surface area contributed by atoms with Crippen molar-refractivity contribution in [1.29, 1.82) is 0 Å². The van der Waals surface area contributed by atoms with Crippen molar-refractivity contribution in [2.45, 2.75) is 44.9 Å². The molecule has 1 heterocycles. The Bertz CT molecular complexity index is 1300. The van der Waals surface area contributed by atoms with E-state index in [0.717, 1.165) is 11.0 Å². The minimum absolute atomic E-state index is 0.0179. The summed E-state index contributed by atoms with van der Waals surface area (Å²) in [7, 11) is 0. The maximum Gasteiger partial charge on any atom is 0.419 e. The Hall–Kier alpha value is -3.89. The normalized spacial score (nSPS) is 20.4. The van der Waals surface area contributed by atoms with Crippen LogP contribution in [0.1, 0.15) is 68.4 Å².